The number of aryl methyl sites for hydroxylation is 1. The zero-order valence-corrected chi connectivity index (χ0v) is 15.6. The summed E-state index contributed by atoms with van der Waals surface area (Å²) in [6.07, 6.45) is 0.679. The Labute approximate surface area is 140 Å². The van der Waals surface area contributed by atoms with E-state index in [9.17, 15) is 9.59 Å². The third-order valence-corrected chi connectivity index (χ3v) is 4.34. The molecule has 7 heteroatoms. The van der Waals surface area contributed by atoms with Gasteiger partial charge in [-0.15, -0.1) is 11.8 Å². The molecular formula is C16H24N4O2S. The Hall–Kier alpha value is -1.63. The first-order valence-corrected chi connectivity index (χ1v) is 8.52. The van der Waals surface area contributed by atoms with Crippen molar-refractivity contribution in [3.63, 3.8) is 0 Å². The molecule has 0 saturated heterocycles. The molecule has 2 aromatic rings. The molecule has 6 nitrogen and oxygen atoms in total. The molecule has 0 aliphatic rings. The molecule has 2 rings (SSSR count). The Kier molecular flexibility index (Phi) is 4.71. The van der Waals surface area contributed by atoms with Crippen molar-refractivity contribution in [1.82, 2.24) is 19.1 Å². The van der Waals surface area contributed by atoms with Crippen molar-refractivity contribution < 1.29 is 0 Å². The van der Waals surface area contributed by atoms with E-state index in [-0.39, 0.29) is 21.9 Å². The minimum absolute atomic E-state index is 0.0199. The molecule has 0 aliphatic carbocycles. The van der Waals surface area contributed by atoms with Crippen molar-refractivity contribution in [2.45, 2.75) is 51.3 Å². The fraction of sp³-hybridized carbons (Fsp3) is 0.625. The lowest BCUT2D eigenvalue weighted by Gasteiger charge is -2.18. The predicted molar refractivity (Wildman–Crippen MR) is 94.2 cm³/mol. The predicted octanol–water partition coefficient (Wildman–Crippen LogP) is 2.12. The number of fused-ring (bicyclic) bond motifs is 1. The third-order valence-electron chi connectivity index (χ3n) is 3.35. The lowest BCUT2D eigenvalue weighted by Crippen LogP contribution is -2.38. The SMILES string of the molecule is CC(C)Sc1nc(CC(C)(C)C)nc2c1c(=O)n(C)c(=O)n2C. The Bertz CT molecular complexity index is 859. The van der Waals surface area contributed by atoms with E-state index in [0.29, 0.717) is 28.3 Å². The van der Waals surface area contributed by atoms with Crippen molar-refractivity contribution in [3.8, 4) is 0 Å². The van der Waals surface area contributed by atoms with Gasteiger partial charge in [0.25, 0.3) is 5.56 Å². The molecule has 0 atom stereocenters. The fourth-order valence-electron chi connectivity index (χ4n) is 2.33. The first-order valence-electron chi connectivity index (χ1n) is 7.64. The molecule has 126 valence electrons. The molecule has 0 aliphatic heterocycles. The van der Waals surface area contributed by atoms with Gasteiger partial charge in [0.2, 0.25) is 0 Å². The number of thioether (sulfide) groups is 1. The fourth-order valence-corrected chi connectivity index (χ4v) is 3.23. The Morgan fingerprint density at radius 2 is 1.70 bits per heavy atom. The lowest BCUT2D eigenvalue weighted by atomic mass is 9.92. The molecule has 0 spiro atoms. The highest BCUT2D eigenvalue weighted by Crippen LogP contribution is 2.27. The summed E-state index contributed by atoms with van der Waals surface area (Å²) in [6, 6.07) is 0. The summed E-state index contributed by atoms with van der Waals surface area (Å²) in [5.41, 5.74) is -0.279. The van der Waals surface area contributed by atoms with E-state index in [1.807, 2.05) is 0 Å². The second-order valence-corrected chi connectivity index (χ2v) is 8.82. The Balaban J connectivity index is 2.87. The van der Waals surface area contributed by atoms with Crippen molar-refractivity contribution in [2.75, 3.05) is 0 Å². The molecule has 23 heavy (non-hydrogen) atoms. The molecule has 0 N–H and O–H groups in total. The molecule has 0 unspecified atom stereocenters. The number of aromatic nitrogens is 4. The van der Waals surface area contributed by atoms with E-state index in [0.717, 1.165) is 4.57 Å². The lowest BCUT2D eigenvalue weighted by molar-refractivity contribution is 0.399. The molecular weight excluding hydrogens is 312 g/mol. The summed E-state index contributed by atoms with van der Waals surface area (Å²) in [5.74, 6) is 0.663. The van der Waals surface area contributed by atoms with Crippen LogP contribution < -0.4 is 11.2 Å². The summed E-state index contributed by atoms with van der Waals surface area (Å²) < 4.78 is 2.54. The normalized spacial score (nSPS) is 12.3. The minimum Gasteiger partial charge on any atom is -0.280 e. The van der Waals surface area contributed by atoms with Crippen LogP contribution in [0.25, 0.3) is 11.0 Å². The van der Waals surface area contributed by atoms with Crippen molar-refractivity contribution >= 4 is 22.8 Å². The van der Waals surface area contributed by atoms with E-state index in [2.05, 4.69) is 44.6 Å². The van der Waals surface area contributed by atoms with Gasteiger partial charge in [-0.2, -0.15) is 0 Å². The van der Waals surface area contributed by atoms with Gasteiger partial charge in [0.15, 0.2) is 5.65 Å². The van der Waals surface area contributed by atoms with Gasteiger partial charge < -0.3 is 0 Å². The average molecular weight is 336 g/mol. The minimum atomic E-state index is -0.372. The van der Waals surface area contributed by atoms with Crippen LogP contribution in [0.4, 0.5) is 0 Å². The topological polar surface area (TPSA) is 69.8 Å². The van der Waals surface area contributed by atoms with Gasteiger partial charge in [0.05, 0.1) is 0 Å². The van der Waals surface area contributed by atoms with Gasteiger partial charge in [-0.1, -0.05) is 34.6 Å². The van der Waals surface area contributed by atoms with E-state index in [1.165, 1.54) is 23.4 Å². The maximum Gasteiger partial charge on any atom is 0.332 e. The van der Waals surface area contributed by atoms with Crippen LogP contribution in [-0.2, 0) is 20.5 Å². The number of hydrogen-bond donors (Lipinski definition) is 0. The van der Waals surface area contributed by atoms with Gasteiger partial charge in [0.1, 0.15) is 16.2 Å². The maximum atomic E-state index is 12.6. The first-order chi connectivity index (χ1) is 10.5. The third kappa shape index (κ3) is 3.65. The largest absolute Gasteiger partial charge is 0.332 e. The van der Waals surface area contributed by atoms with Crippen LogP contribution in [0.1, 0.15) is 40.4 Å². The average Bonchev–Trinajstić information content (AvgIpc) is 2.39. The van der Waals surface area contributed by atoms with Gasteiger partial charge in [0, 0.05) is 25.8 Å². The van der Waals surface area contributed by atoms with E-state index < -0.39 is 0 Å². The summed E-state index contributed by atoms with van der Waals surface area (Å²) in [4.78, 5) is 33.9. The van der Waals surface area contributed by atoms with Gasteiger partial charge in [-0.3, -0.25) is 13.9 Å². The van der Waals surface area contributed by atoms with Crippen LogP contribution in [0.3, 0.4) is 0 Å². The van der Waals surface area contributed by atoms with Crippen molar-refractivity contribution in [2.24, 2.45) is 19.5 Å². The van der Waals surface area contributed by atoms with Crippen LogP contribution in [-0.4, -0.2) is 24.4 Å². The monoisotopic (exact) mass is 336 g/mol. The van der Waals surface area contributed by atoms with Crippen LogP contribution in [0.15, 0.2) is 14.6 Å². The highest BCUT2D eigenvalue weighted by Gasteiger charge is 2.20. The molecule has 2 aromatic heterocycles. The van der Waals surface area contributed by atoms with Crippen molar-refractivity contribution in [1.29, 1.82) is 0 Å². The van der Waals surface area contributed by atoms with E-state index in [4.69, 9.17) is 0 Å². The first kappa shape index (κ1) is 17.7. The quantitative estimate of drug-likeness (QED) is 0.634. The van der Waals surface area contributed by atoms with Gasteiger partial charge in [-0.25, -0.2) is 14.8 Å². The maximum absolute atomic E-state index is 12.6. The summed E-state index contributed by atoms with van der Waals surface area (Å²) in [7, 11) is 3.12. The second kappa shape index (κ2) is 6.11. The highest BCUT2D eigenvalue weighted by molar-refractivity contribution is 8.00. The van der Waals surface area contributed by atoms with Crippen molar-refractivity contribution in [3.05, 3.63) is 26.7 Å². The zero-order chi connectivity index (χ0) is 17.5. The highest BCUT2D eigenvalue weighted by atomic mass is 32.2. The molecule has 0 aromatic carbocycles. The number of rotatable bonds is 3. The second-order valence-electron chi connectivity index (χ2n) is 7.25. The smallest absolute Gasteiger partial charge is 0.280 e. The number of nitrogens with zero attached hydrogens (tertiary/aromatic N) is 4. The molecule has 0 radical (unpaired) electrons. The van der Waals surface area contributed by atoms with Gasteiger partial charge >= 0.3 is 5.69 Å². The van der Waals surface area contributed by atoms with Crippen LogP contribution >= 0.6 is 11.8 Å². The van der Waals surface area contributed by atoms with Crippen LogP contribution in [0, 0.1) is 5.41 Å². The zero-order valence-electron chi connectivity index (χ0n) is 14.8. The summed E-state index contributed by atoms with van der Waals surface area (Å²) >= 11 is 1.53. The molecule has 0 amide bonds. The van der Waals surface area contributed by atoms with Gasteiger partial charge in [-0.05, 0) is 5.41 Å². The Morgan fingerprint density at radius 3 is 2.22 bits per heavy atom. The molecule has 0 fully saturated rings. The molecule has 0 bridgehead atoms. The molecule has 2 heterocycles. The summed E-state index contributed by atoms with van der Waals surface area (Å²) in [6.45, 7) is 10.4. The standard InChI is InChI=1S/C16H24N4O2S/c1-9(2)23-13-11-12(17-10(18-13)8-16(3,4)5)19(6)15(22)20(7)14(11)21/h9H,8H2,1-7H3. The van der Waals surface area contributed by atoms with Crippen LogP contribution in [0.2, 0.25) is 0 Å². The molecule has 0 saturated carbocycles. The van der Waals surface area contributed by atoms with Crippen LogP contribution in [0.5, 0.6) is 0 Å². The summed E-state index contributed by atoms with van der Waals surface area (Å²) in [5, 5.41) is 1.35. The Morgan fingerprint density at radius 1 is 1.09 bits per heavy atom. The van der Waals surface area contributed by atoms with E-state index in [1.54, 1.807) is 7.05 Å². The number of hydrogen-bond acceptors (Lipinski definition) is 5. The van der Waals surface area contributed by atoms with E-state index >= 15 is 0 Å².